The van der Waals surface area contributed by atoms with E-state index < -0.39 is 0 Å². The van der Waals surface area contributed by atoms with Gasteiger partial charge in [0.2, 0.25) is 0 Å². The average molecular weight is 332 g/mol. The molecule has 0 fully saturated rings. The maximum absolute atomic E-state index is 11.6. The van der Waals surface area contributed by atoms with Crippen LogP contribution in [0.5, 0.6) is 5.75 Å². The summed E-state index contributed by atoms with van der Waals surface area (Å²) in [5, 5.41) is 9.09. The maximum atomic E-state index is 11.6. The van der Waals surface area contributed by atoms with Gasteiger partial charge in [0.15, 0.2) is 0 Å². The number of allylic oxidation sites excluding steroid dienone is 9. The summed E-state index contributed by atoms with van der Waals surface area (Å²) in [5.41, 5.74) is 1.58. The summed E-state index contributed by atoms with van der Waals surface area (Å²) in [6.07, 6.45) is 20.5. The quantitative estimate of drug-likeness (QED) is 0.517. The molecule has 0 radical (unpaired) electrons. The van der Waals surface area contributed by atoms with Crippen LogP contribution in [0.3, 0.4) is 0 Å². The number of carbonyl (C=O) groups excluding carboxylic acids is 1. The topological polar surface area (TPSA) is 37.3 Å². The zero-order valence-corrected chi connectivity index (χ0v) is 13.1. The fourth-order valence-corrected chi connectivity index (χ4v) is 1.76. The molecule has 0 amide bonds. The fraction of sp³-hybridized carbons (Fsp3) is 0.105. The van der Waals surface area contributed by atoms with Gasteiger partial charge >= 0.3 is 17.1 Å². The Bertz CT molecular complexity index is 622. The molecule has 2 aliphatic rings. The van der Waals surface area contributed by atoms with Crippen molar-refractivity contribution in [3.05, 3.63) is 84.0 Å². The summed E-state index contributed by atoms with van der Waals surface area (Å²) in [6, 6.07) is 6.69. The minimum absolute atomic E-state index is 0. The number of rotatable bonds is 3. The molecule has 3 rings (SSSR count). The van der Waals surface area contributed by atoms with Crippen LogP contribution in [0.4, 0.5) is 0 Å². The van der Waals surface area contributed by atoms with Crippen LogP contribution >= 0.6 is 0 Å². The summed E-state index contributed by atoms with van der Waals surface area (Å²) >= 11 is 0. The van der Waals surface area contributed by atoms with Gasteiger partial charge in [0.1, 0.15) is 11.5 Å². The Balaban J connectivity index is 0.000000344. The van der Waals surface area contributed by atoms with Gasteiger partial charge in [0.25, 0.3) is 0 Å². The van der Waals surface area contributed by atoms with E-state index in [1.54, 1.807) is 36.4 Å². The van der Waals surface area contributed by atoms with Crippen molar-refractivity contribution >= 4 is 11.9 Å². The third-order valence-corrected chi connectivity index (χ3v) is 2.89. The number of phenols is 1. The molecule has 2 nitrogen and oxygen atoms in total. The van der Waals surface area contributed by atoms with Crippen LogP contribution < -0.4 is 0 Å². The molecule has 0 saturated heterocycles. The van der Waals surface area contributed by atoms with Gasteiger partial charge in [-0.1, -0.05) is 18.2 Å². The summed E-state index contributed by atoms with van der Waals surface area (Å²) in [5.74, 6) is 0.206. The van der Waals surface area contributed by atoms with E-state index in [1.165, 1.54) is 6.08 Å². The van der Waals surface area contributed by atoms with Crippen molar-refractivity contribution in [1.29, 1.82) is 0 Å². The van der Waals surface area contributed by atoms with Gasteiger partial charge in [-0.2, -0.15) is 12.2 Å². The van der Waals surface area contributed by atoms with E-state index in [-0.39, 0.29) is 28.6 Å². The molecule has 2 aliphatic carbocycles. The summed E-state index contributed by atoms with van der Waals surface area (Å²) in [6.45, 7) is 0. The number of hydrogen-bond donors (Lipinski definition) is 1. The predicted octanol–water partition coefficient (Wildman–Crippen LogP) is 3.97. The van der Waals surface area contributed by atoms with E-state index in [4.69, 9.17) is 5.11 Å². The number of carbonyl (C=O) groups is 1. The van der Waals surface area contributed by atoms with Gasteiger partial charge in [-0.25, -0.2) is 18.2 Å². The van der Waals surface area contributed by atoms with Crippen molar-refractivity contribution in [3.8, 4) is 5.75 Å². The van der Waals surface area contributed by atoms with Crippen LogP contribution in [-0.4, -0.2) is 10.9 Å². The van der Waals surface area contributed by atoms with Crippen molar-refractivity contribution in [2.75, 3.05) is 0 Å². The first-order valence-electron chi connectivity index (χ1n) is 6.75. The second-order valence-electron chi connectivity index (χ2n) is 4.50. The van der Waals surface area contributed by atoms with Crippen LogP contribution in [-0.2, 0) is 21.9 Å². The normalized spacial score (nSPS) is 14.5. The first-order chi connectivity index (χ1) is 10.3. The average Bonchev–Trinajstić information content (AvgIpc) is 3.21. The fourth-order valence-electron chi connectivity index (χ4n) is 1.76. The van der Waals surface area contributed by atoms with E-state index in [0.717, 1.165) is 12.0 Å². The van der Waals surface area contributed by atoms with E-state index >= 15 is 0 Å². The third kappa shape index (κ3) is 6.13. The van der Waals surface area contributed by atoms with Gasteiger partial charge < -0.3 is 9.90 Å². The molecule has 1 N–H and O–H groups in total. The molecule has 0 spiro atoms. The van der Waals surface area contributed by atoms with E-state index in [2.05, 4.69) is 18.2 Å². The Kier molecular flexibility index (Phi) is 7.98. The SMILES string of the molecule is O=C(/C=C/c1ccc(O)cc1)C1=CC[C-]=C1.[C-]1=CC=CC1.[Fe+2]. The van der Waals surface area contributed by atoms with Crippen molar-refractivity contribution in [2.45, 2.75) is 12.8 Å². The maximum Gasteiger partial charge on any atom is 2.00 e. The van der Waals surface area contributed by atoms with Crippen molar-refractivity contribution in [2.24, 2.45) is 0 Å². The van der Waals surface area contributed by atoms with E-state index in [9.17, 15) is 4.79 Å². The molecule has 112 valence electrons. The number of benzene rings is 1. The van der Waals surface area contributed by atoms with E-state index in [0.29, 0.717) is 12.0 Å². The van der Waals surface area contributed by atoms with Crippen molar-refractivity contribution < 1.29 is 27.0 Å². The standard InChI is InChI=1S/C14H11O2.C5H5.Fe/c15-13-8-5-11(6-9-13)7-10-14(16)12-3-1-2-4-12;1-2-4-5-3-1;/h3-10,15H,1H2;1-3H,4H2;/q2*-1;+2/b10-7+;;. The van der Waals surface area contributed by atoms with Crippen LogP contribution in [0.15, 0.2) is 66.3 Å². The Morgan fingerprint density at radius 1 is 1.14 bits per heavy atom. The summed E-state index contributed by atoms with van der Waals surface area (Å²) in [4.78, 5) is 11.6. The second kappa shape index (κ2) is 9.77. The van der Waals surface area contributed by atoms with Gasteiger partial charge in [0.05, 0.1) is 0 Å². The third-order valence-electron chi connectivity index (χ3n) is 2.89. The number of aromatic hydroxyl groups is 1. The molecule has 0 saturated carbocycles. The van der Waals surface area contributed by atoms with Crippen molar-refractivity contribution in [1.82, 2.24) is 0 Å². The van der Waals surface area contributed by atoms with Crippen molar-refractivity contribution in [3.63, 3.8) is 0 Å². The molecule has 0 atom stereocenters. The van der Waals surface area contributed by atoms with Gasteiger partial charge in [-0.3, -0.25) is 12.2 Å². The molecule has 0 aliphatic heterocycles. The molecule has 1 aromatic carbocycles. The molecular weight excluding hydrogens is 316 g/mol. The molecular formula is C19H16FeO2. The smallest absolute Gasteiger partial charge is 0.508 e. The molecule has 1 aromatic rings. The second-order valence-corrected chi connectivity index (χ2v) is 4.50. The Hall–Kier alpha value is -2.09. The molecule has 0 unspecified atom stereocenters. The zero-order valence-electron chi connectivity index (χ0n) is 12.0. The first kappa shape index (κ1) is 18.0. The Morgan fingerprint density at radius 3 is 2.41 bits per heavy atom. The van der Waals surface area contributed by atoms with Crippen LogP contribution in [0.2, 0.25) is 0 Å². The Morgan fingerprint density at radius 2 is 1.91 bits per heavy atom. The molecule has 22 heavy (non-hydrogen) atoms. The van der Waals surface area contributed by atoms with Crippen LogP contribution in [0.25, 0.3) is 6.08 Å². The minimum Gasteiger partial charge on any atom is -0.508 e. The minimum atomic E-state index is -0.0157. The predicted molar refractivity (Wildman–Crippen MR) is 84.2 cm³/mol. The molecule has 0 aromatic heterocycles. The van der Waals surface area contributed by atoms with Gasteiger partial charge in [0, 0.05) is 0 Å². The summed E-state index contributed by atoms with van der Waals surface area (Å²) < 4.78 is 0. The largest absolute Gasteiger partial charge is 2.00 e. The molecule has 0 bridgehead atoms. The van der Waals surface area contributed by atoms with Crippen LogP contribution in [0.1, 0.15) is 18.4 Å². The Labute approximate surface area is 141 Å². The van der Waals surface area contributed by atoms with Crippen LogP contribution in [0, 0.1) is 12.2 Å². The number of phenolic OH excluding ortho intramolecular Hbond substituents is 1. The van der Waals surface area contributed by atoms with Gasteiger partial charge in [-0.05, 0) is 23.8 Å². The molecule has 3 heteroatoms. The first-order valence-corrected chi connectivity index (χ1v) is 6.75. The zero-order chi connectivity index (χ0) is 14.9. The van der Waals surface area contributed by atoms with Gasteiger partial charge in [-0.15, -0.1) is 18.4 Å². The monoisotopic (exact) mass is 332 g/mol. The molecule has 0 heterocycles. The summed E-state index contributed by atoms with van der Waals surface area (Å²) in [7, 11) is 0. The number of ketones is 1. The van der Waals surface area contributed by atoms with E-state index in [1.807, 2.05) is 18.2 Å². The number of hydrogen-bond acceptors (Lipinski definition) is 2.